The molecule has 0 aliphatic carbocycles. The smallest absolute Gasteiger partial charge is 0.101 e. The maximum atomic E-state index is 2.40. The molecule has 0 bridgehead atoms. The van der Waals surface area contributed by atoms with E-state index in [0.29, 0.717) is 1.26 Å². The van der Waals surface area contributed by atoms with E-state index in [1.165, 1.54) is 4.90 Å². The maximum absolute atomic E-state index is 2.40. The zero-order valence-electron chi connectivity index (χ0n) is 5.13. The van der Waals surface area contributed by atoms with Crippen LogP contribution >= 0.6 is 56.9 Å². The fourth-order valence-electron chi connectivity index (χ4n) is 0.602. The first-order valence-corrected chi connectivity index (χ1v) is 6.16. The molecule has 1 aromatic rings. The average Bonchev–Trinajstić information content (AvgIpc) is 1.88. The van der Waals surface area contributed by atoms with E-state index >= 15 is 0 Å². The van der Waals surface area contributed by atoms with Crippen LogP contribution in [0.15, 0.2) is 35.2 Å². The van der Waals surface area contributed by atoms with Gasteiger partial charge in [-0.2, -0.15) is 0 Å². The summed E-state index contributed by atoms with van der Waals surface area (Å²) in [6, 6.07) is 10.4. The SMILES string of the molecule is IC(I)Sc1ccccc1. The Balaban J connectivity index is 2.59. The quantitative estimate of drug-likeness (QED) is 0.428. The van der Waals surface area contributed by atoms with Crippen molar-refractivity contribution in [3.8, 4) is 0 Å². The predicted octanol–water partition coefficient (Wildman–Crippen LogP) is 3.93. The highest BCUT2D eigenvalue weighted by Gasteiger charge is 1.97. The standard InChI is InChI=1S/C7H6I2S/c8-7(9)10-6-4-2-1-3-5-6/h1-5,7H. The van der Waals surface area contributed by atoms with Crippen LogP contribution in [-0.2, 0) is 0 Å². The molecular formula is C7H6I2S. The van der Waals surface area contributed by atoms with E-state index < -0.39 is 0 Å². The van der Waals surface area contributed by atoms with Gasteiger partial charge in [0.2, 0.25) is 0 Å². The van der Waals surface area contributed by atoms with Gasteiger partial charge in [0.05, 0.1) is 0 Å². The lowest BCUT2D eigenvalue weighted by atomic mass is 10.4. The van der Waals surface area contributed by atoms with Crippen LogP contribution in [0.3, 0.4) is 0 Å². The van der Waals surface area contributed by atoms with Crippen LogP contribution in [0.5, 0.6) is 0 Å². The Kier molecular flexibility index (Phi) is 4.39. The Bertz CT molecular complexity index is 186. The first kappa shape index (κ1) is 9.12. The molecule has 0 radical (unpaired) electrons. The zero-order chi connectivity index (χ0) is 7.40. The second-order valence-corrected chi connectivity index (χ2v) is 9.44. The third-order valence-corrected chi connectivity index (χ3v) is 3.22. The molecule has 3 heteroatoms. The monoisotopic (exact) mass is 376 g/mol. The molecule has 1 aromatic carbocycles. The van der Waals surface area contributed by atoms with Gasteiger partial charge >= 0.3 is 0 Å². The number of alkyl halides is 2. The molecule has 0 aliphatic rings. The molecule has 54 valence electrons. The third-order valence-electron chi connectivity index (χ3n) is 0.968. The third kappa shape index (κ3) is 3.43. The van der Waals surface area contributed by atoms with E-state index in [1.54, 1.807) is 0 Å². The average molecular weight is 376 g/mol. The molecule has 0 aromatic heterocycles. The van der Waals surface area contributed by atoms with E-state index in [9.17, 15) is 0 Å². The normalized spacial score (nSPS) is 10.3. The van der Waals surface area contributed by atoms with E-state index in [-0.39, 0.29) is 0 Å². The molecule has 0 spiro atoms. The largest absolute Gasteiger partial charge is 0.112 e. The number of benzene rings is 1. The fraction of sp³-hybridized carbons (Fsp3) is 0.143. The van der Waals surface area contributed by atoms with Gasteiger partial charge in [-0.05, 0) is 12.1 Å². The van der Waals surface area contributed by atoms with Crippen LogP contribution in [0.4, 0.5) is 0 Å². The van der Waals surface area contributed by atoms with E-state index in [1.807, 2.05) is 17.8 Å². The van der Waals surface area contributed by atoms with Crippen molar-refractivity contribution < 1.29 is 0 Å². The van der Waals surface area contributed by atoms with E-state index in [2.05, 4.69) is 69.4 Å². The van der Waals surface area contributed by atoms with Gasteiger partial charge in [0.15, 0.2) is 0 Å². The van der Waals surface area contributed by atoms with Gasteiger partial charge in [-0.25, -0.2) is 0 Å². The van der Waals surface area contributed by atoms with Crippen LogP contribution in [0, 0.1) is 0 Å². The molecule has 0 nitrogen and oxygen atoms in total. The van der Waals surface area contributed by atoms with Crippen LogP contribution in [0.25, 0.3) is 0 Å². The van der Waals surface area contributed by atoms with Crippen molar-refractivity contribution in [2.45, 2.75) is 6.16 Å². The summed E-state index contributed by atoms with van der Waals surface area (Å²) in [4.78, 5) is 1.34. The first-order valence-electron chi connectivity index (χ1n) is 2.79. The molecule has 0 saturated carbocycles. The molecule has 0 amide bonds. The molecule has 0 N–H and O–H groups in total. The summed E-state index contributed by atoms with van der Waals surface area (Å²) in [5.41, 5.74) is 0. The molecular weight excluding hydrogens is 370 g/mol. The fourth-order valence-corrected chi connectivity index (χ4v) is 2.88. The molecule has 10 heavy (non-hydrogen) atoms. The van der Waals surface area contributed by atoms with Gasteiger partial charge in [-0.15, -0.1) is 11.8 Å². The van der Waals surface area contributed by atoms with Gasteiger partial charge in [0, 0.05) is 4.90 Å². The van der Waals surface area contributed by atoms with Crippen molar-refractivity contribution in [3.63, 3.8) is 0 Å². The number of hydrogen-bond acceptors (Lipinski definition) is 1. The summed E-state index contributed by atoms with van der Waals surface area (Å²) in [6.45, 7) is 0. The Morgan fingerprint density at radius 2 is 1.70 bits per heavy atom. The lowest BCUT2D eigenvalue weighted by Gasteiger charge is -1.99. The summed E-state index contributed by atoms with van der Waals surface area (Å²) in [5, 5.41) is 0. The van der Waals surface area contributed by atoms with Crippen molar-refractivity contribution in [1.29, 1.82) is 0 Å². The van der Waals surface area contributed by atoms with Crippen molar-refractivity contribution in [2.24, 2.45) is 0 Å². The van der Waals surface area contributed by atoms with Gasteiger partial charge in [-0.3, -0.25) is 0 Å². The van der Waals surface area contributed by atoms with Gasteiger partial charge < -0.3 is 0 Å². The second kappa shape index (κ2) is 4.82. The Morgan fingerprint density at radius 1 is 1.10 bits per heavy atom. The van der Waals surface area contributed by atoms with E-state index in [0.717, 1.165) is 0 Å². The number of halogens is 2. The van der Waals surface area contributed by atoms with Crippen molar-refractivity contribution in [3.05, 3.63) is 30.3 Å². The molecule has 1 rings (SSSR count). The Morgan fingerprint density at radius 3 is 2.20 bits per heavy atom. The summed E-state index contributed by atoms with van der Waals surface area (Å²) in [6.07, 6.45) is 0. The predicted molar refractivity (Wildman–Crippen MR) is 64.1 cm³/mol. The minimum absolute atomic E-state index is 0.623. The molecule has 0 fully saturated rings. The van der Waals surface area contributed by atoms with E-state index in [4.69, 9.17) is 0 Å². The van der Waals surface area contributed by atoms with Crippen LogP contribution in [0.1, 0.15) is 0 Å². The highest BCUT2D eigenvalue weighted by molar-refractivity contribution is 14.2. The van der Waals surface area contributed by atoms with Gasteiger partial charge in [0.1, 0.15) is 1.26 Å². The van der Waals surface area contributed by atoms with Crippen LogP contribution in [0.2, 0.25) is 0 Å². The first-order chi connectivity index (χ1) is 4.79. The second-order valence-electron chi connectivity index (χ2n) is 1.69. The highest BCUT2D eigenvalue weighted by atomic mass is 127. The lowest BCUT2D eigenvalue weighted by Crippen LogP contribution is -1.73. The number of rotatable bonds is 2. The summed E-state index contributed by atoms with van der Waals surface area (Å²) >= 11 is 6.66. The molecule has 0 heterocycles. The summed E-state index contributed by atoms with van der Waals surface area (Å²) < 4.78 is 0.623. The molecule has 0 saturated heterocycles. The minimum Gasteiger partial charge on any atom is -0.101 e. The van der Waals surface area contributed by atoms with Crippen molar-refractivity contribution in [1.82, 2.24) is 0 Å². The highest BCUT2D eigenvalue weighted by Crippen LogP contribution is 2.31. The lowest BCUT2D eigenvalue weighted by molar-refractivity contribution is 1.47. The van der Waals surface area contributed by atoms with Crippen molar-refractivity contribution >= 4 is 56.9 Å². The topological polar surface area (TPSA) is 0 Å². The van der Waals surface area contributed by atoms with Crippen LogP contribution < -0.4 is 0 Å². The Labute approximate surface area is 92.4 Å². The van der Waals surface area contributed by atoms with Gasteiger partial charge in [-0.1, -0.05) is 63.4 Å². The molecule has 0 unspecified atom stereocenters. The van der Waals surface area contributed by atoms with Crippen molar-refractivity contribution in [2.75, 3.05) is 0 Å². The minimum atomic E-state index is 0.623. The maximum Gasteiger partial charge on any atom is 0.112 e. The number of hydrogen-bond donors (Lipinski definition) is 0. The molecule has 0 aliphatic heterocycles. The number of thioether (sulfide) groups is 1. The van der Waals surface area contributed by atoms with Gasteiger partial charge in [0.25, 0.3) is 0 Å². The zero-order valence-corrected chi connectivity index (χ0v) is 10.3. The Hall–Kier alpha value is 1.03. The summed E-state index contributed by atoms with van der Waals surface area (Å²) in [7, 11) is 0. The summed E-state index contributed by atoms with van der Waals surface area (Å²) in [5.74, 6) is 0. The molecule has 0 atom stereocenters. The van der Waals surface area contributed by atoms with Crippen LogP contribution in [-0.4, -0.2) is 1.26 Å².